The van der Waals surface area contributed by atoms with Gasteiger partial charge < -0.3 is 15.2 Å². The summed E-state index contributed by atoms with van der Waals surface area (Å²) >= 11 is 0. The summed E-state index contributed by atoms with van der Waals surface area (Å²) in [6.45, 7) is 2.36. The molecule has 21 heavy (non-hydrogen) atoms. The predicted octanol–water partition coefficient (Wildman–Crippen LogP) is 2.94. The summed E-state index contributed by atoms with van der Waals surface area (Å²) in [5.41, 5.74) is 0. The maximum Gasteiger partial charge on any atom is 0.306 e. The SMILES string of the molecule is O=C(O)C1CCCCC1CNCCCOc1ccccc1. The number of para-hydroxylation sites is 1. The van der Waals surface area contributed by atoms with Crippen LogP contribution in [0.2, 0.25) is 0 Å². The Balaban J connectivity index is 1.57. The maximum absolute atomic E-state index is 11.2. The zero-order valence-electron chi connectivity index (χ0n) is 12.5. The Hall–Kier alpha value is -1.55. The number of carbonyl (C=O) groups is 1. The van der Waals surface area contributed by atoms with Crippen molar-refractivity contribution >= 4 is 5.97 Å². The molecule has 0 heterocycles. The molecule has 0 aliphatic heterocycles. The minimum absolute atomic E-state index is 0.160. The van der Waals surface area contributed by atoms with Crippen LogP contribution < -0.4 is 10.1 Å². The first-order chi connectivity index (χ1) is 10.3. The van der Waals surface area contributed by atoms with E-state index in [-0.39, 0.29) is 11.8 Å². The number of hydrogen-bond donors (Lipinski definition) is 2. The Bertz CT molecular complexity index is 421. The average Bonchev–Trinajstić information content (AvgIpc) is 2.52. The summed E-state index contributed by atoms with van der Waals surface area (Å²) in [6.07, 6.45) is 5.01. The van der Waals surface area contributed by atoms with Crippen LogP contribution in [0.5, 0.6) is 5.75 Å². The lowest BCUT2D eigenvalue weighted by molar-refractivity contribution is -0.144. The first-order valence-corrected chi connectivity index (χ1v) is 7.89. The van der Waals surface area contributed by atoms with E-state index in [1.807, 2.05) is 30.3 Å². The molecule has 0 amide bonds. The highest BCUT2D eigenvalue weighted by Crippen LogP contribution is 2.29. The minimum atomic E-state index is -0.631. The van der Waals surface area contributed by atoms with Gasteiger partial charge in [0.25, 0.3) is 0 Å². The molecule has 1 aromatic rings. The molecule has 0 spiro atoms. The van der Waals surface area contributed by atoms with E-state index in [2.05, 4.69) is 5.32 Å². The van der Waals surface area contributed by atoms with Crippen LogP contribution in [0.3, 0.4) is 0 Å². The van der Waals surface area contributed by atoms with Crippen molar-refractivity contribution in [1.29, 1.82) is 0 Å². The van der Waals surface area contributed by atoms with Crippen molar-refractivity contribution in [2.75, 3.05) is 19.7 Å². The van der Waals surface area contributed by atoms with Crippen LogP contribution in [0, 0.1) is 11.8 Å². The molecule has 1 saturated carbocycles. The van der Waals surface area contributed by atoms with Crippen LogP contribution in [0.1, 0.15) is 32.1 Å². The predicted molar refractivity (Wildman–Crippen MR) is 82.5 cm³/mol. The standard InChI is InChI=1S/C17H25NO3/c19-17(20)16-10-5-4-7-14(16)13-18-11-6-12-21-15-8-2-1-3-9-15/h1-3,8-9,14,16,18H,4-7,10-13H2,(H,19,20). The lowest BCUT2D eigenvalue weighted by Gasteiger charge is -2.28. The van der Waals surface area contributed by atoms with Gasteiger partial charge in [-0.25, -0.2) is 0 Å². The van der Waals surface area contributed by atoms with Gasteiger partial charge in [-0.3, -0.25) is 4.79 Å². The molecule has 2 unspecified atom stereocenters. The quantitative estimate of drug-likeness (QED) is 0.723. The van der Waals surface area contributed by atoms with Crippen LogP contribution >= 0.6 is 0 Å². The van der Waals surface area contributed by atoms with Crippen molar-refractivity contribution in [3.8, 4) is 5.75 Å². The summed E-state index contributed by atoms with van der Waals surface area (Å²) in [6, 6.07) is 9.79. The maximum atomic E-state index is 11.2. The Labute approximate surface area is 126 Å². The summed E-state index contributed by atoms with van der Waals surface area (Å²) in [7, 11) is 0. The highest BCUT2D eigenvalue weighted by molar-refractivity contribution is 5.70. The van der Waals surface area contributed by atoms with E-state index >= 15 is 0 Å². The number of ether oxygens (including phenoxy) is 1. The molecule has 4 nitrogen and oxygen atoms in total. The van der Waals surface area contributed by atoms with Crippen LogP contribution in [-0.4, -0.2) is 30.8 Å². The van der Waals surface area contributed by atoms with Gasteiger partial charge in [-0.2, -0.15) is 0 Å². The lowest BCUT2D eigenvalue weighted by atomic mass is 9.79. The number of aliphatic carboxylic acids is 1. The molecular formula is C17H25NO3. The zero-order valence-corrected chi connectivity index (χ0v) is 12.5. The normalized spacial score (nSPS) is 21.9. The fraction of sp³-hybridized carbons (Fsp3) is 0.588. The molecule has 1 fully saturated rings. The monoisotopic (exact) mass is 291 g/mol. The van der Waals surface area contributed by atoms with Crippen molar-refractivity contribution in [2.24, 2.45) is 11.8 Å². The van der Waals surface area contributed by atoms with E-state index in [1.54, 1.807) is 0 Å². The third-order valence-electron chi connectivity index (χ3n) is 4.14. The van der Waals surface area contributed by atoms with Gasteiger partial charge in [0.2, 0.25) is 0 Å². The van der Waals surface area contributed by atoms with Crippen molar-refractivity contribution in [3.63, 3.8) is 0 Å². The number of nitrogens with one attached hydrogen (secondary N) is 1. The molecule has 2 atom stereocenters. The van der Waals surface area contributed by atoms with Gasteiger partial charge in [0.15, 0.2) is 0 Å². The van der Waals surface area contributed by atoms with Gasteiger partial charge in [0, 0.05) is 0 Å². The molecule has 0 saturated heterocycles. The zero-order chi connectivity index (χ0) is 14.9. The fourth-order valence-corrected chi connectivity index (χ4v) is 2.97. The second-order valence-corrected chi connectivity index (χ2v) is 5.71. The molecule has 116 valence electrons. The summed E-state index contributed by atoms with van der Waals surface area (Å²) in [4.78, 5) is 11.2. The van der Waals surface area contributed by atoms with E-state index in [1.165, 1.54) is 0 Å². The molecule has 0 bridgehead atoms. The van der Waals surface area contributed by atoms with E-state index in [4.69, 9.17) is 4.74 Å². The molecule has 2 rings (SSSR count). The largest absolute Gasteiger partial charge is 0.494 e. The van der Waals surface area contributed by atoms with E-state index in [0.29, 0.717) is 6.61 Å². The van der Waals surface area contributed by atoms with E-state index in [9.17, 15) is 9.90 Å². The number of rotatable bonds is 8. The van der Waals surface area contributed by atoms with Gasteiger partial charge in [-0.15, -0.1) is 0 Å². The number of benzene rings is 1. The van der Waals surface area contributed by atoms with Crippen molar-refractivity contribution < 1.29 is 14.6 Å². The van der Waals surface area contributed by atoms with Gasteiger partial charge in [0.05, 0.1) is 12.5 Å². The third kappa shape index (κ3) is 5.38. The highest BCUT2D eigenvalue weighted by atomic mass is 16.5. The van der Waals surface area contributed by atoms with Crippen LogP contribution in [-0.2, 0) is 4.79 Å². The summed E-state index contributed by atoms with van der Waals surface area (Å²) in [5.74, 6) is 0.391. The van der Waals surface area contributed by atoms with Gasteiger partial charge in [-0.05, 0) is 50.4 Å². The second kappa shape index (κ2) is 8.67. The number of carboxylic acids is 1. The summed E-state index contributed by atoms with van der Waals surface area (Å²) in [5, 5.41) is 12.6. The van der Waals surface area contributed by atoms with Crippen molar-refractivity contribution in [3.05, 3.63) is 30.3 Å². The van der Waals surface area contributed by atoms with Gasteiger partial charge in [-0.1, -0.05) is 31.0 Å². The first kappa shape index (κ1) is 15.8. The van der Waals surface area contributed by atoms with E-state index in [0.717, 1.165) is 50.9 Å². The Morgan fingerprint density at radius 3 is 2.76 bits per heavy atom. The highest BCUT2D eigenvalue weighted by Gasteiger charge is 2.30. The molecule has 4 heteroatoms. The van der Waals surface area contributed by atoms with Crippen LogP contribution in [0.4, 0.5) is 0 Å². The third-order valence-corrected chi connectivity index (χ3v) is 4.14. The molecule has 0 aromatic heterocycles. The molecule has 2 N–H and O–H groups in total. The number of hydrogen-bond acceptors (Lipinski definition) is 3. The van der Waals surface area contributed by atoms with Gasteiger partial charge in [0.1, 0.15) is 5.75 Å². The van der Waals surface area contributed by atoms with Crippen LogP contribution in [0.25, 0.3) is 0 Å². The second-order valence-electron chi connectivity index (χ2n) is 5.71. The van der Waals surface area contributed by atoms with Crippen molar-refractivity contribution in [1.82, 2.24) is 5.32 Å². The molecular weight excluding hydrogens is 266 g/mol. The Morgan fingerprint density at radius 1 is 1.24 bits per heavy atom. The Kier molecular flexibility index (Phi) is 6.54. The number of carboxylic acid groups (broad SMARTS) is 1. The fourth-order valence-electron chi connectivity index (χ4n) is 2.97. The molecule has 1 aliphatic rings. The summed E-state index contributed by atoms with van der Waals surface area (Å²) < 4.78 is 5.62. The van der Waals surface area contributed by atoms with E-state index < -0.39 is 5.97 Å². The minimum Gasteiger partial charge on any atom is -0.494 e. The average molecular weight is 291 g/mol. The molecule has 0 radical (unpaired) electrons. The van der Waals surface area contributed by atoms with Crippen LogP contribution in [0.15, 0.2) is 30.3 Å². The molecule has 1 aromatic carbocycles. The topological polar surface area (TPSA) is 58.6 Å². The van der Waals surface area contributed by atoms with Gasteiger partial charge >= 0.3 is 5.97 Å². The first-order valence-electron chi connectivity index (χ1n) is 7.89. The smallest absolute Gasteiger partial charge is 0.306 e. The van der Waals surface area contributed by atoms with Crippen molar-refractivity contribution in [2.45, 2.75) is 32.1 Å². The Morgan fingerprint density at radius 2 is 2.00 bits per heavy atom. The molecule has 1 aliphatic carbocycles. The lowest BCUT2D eigenvalue weighted by Crippen LogP contribution is -2.35.